The number of carbonyl (C=O) groups excluding carboxylic acids is 2. The Hall–Kier alpha value is -2.61. The van der Waals surface area contributed by atoms with Crippen molar-refractivity contribution in [2.75, 3.05) is 19.8 Å². The van der Waals surface area contributed by atoms with Gasteiger partial charge in [0.15, 0.2) is 6.29 Å². The van der Waals surface area contributed by atoms with Crippen LogP contribution in [0.1, 0.15) is 12.0 Å². The average Bonchev–Trinajstić information content (AvgIpc) is 3.37. The number of amides is 2. The largest absolute Gasteiger partial charge is 0.447 e. The smallest absolute Gasteiger partial charge is 0.416 e. The average molecular weight is 372 g/mol. The Morgan fingerprint density at radius 3 is 2.89 bits per heavy atom. The van der Waals surface area contributed by atoms with Gasteiger partial charge in [0, 0.05) is 16.7 Å². The summed E-state index contributed by atoms with van der Waals surface area (Å²) < 4.78 is 16.2. The molecule has 0 N–H and O–H groups in total. The van der Waals surface area contributed by atoms with Crippen molar-refractivity contribution in [1.82, 2.24) is 4.90 Å². The lowest BCUT2D eigenvalue weighted by Gasteiger charge is -2.27. The summed E-state index contributed by atoms with van der Waals surface area (Å²) in [7, 11) is 0. The van der Waals surface area contributed by atoms with Crippen LogP contribution in [0.25, 0.3) is 10.4 Å². The molecule has 1 aromatic rings. The molecule has 0 spiro atoms. The maximum Gasteiger partial charge on any atom is 0.416 e. The topological polar surface area (TPSA) is 114 Å². The minimum Gasteiger partial charge on any atom is -0.447 e. The van der Waals surface area contributed by atoms with Crippen LogP contribution in [0, 0.1) is 11.8 Å². The molecule has 3 aliphatic rings. The molecule has 4 rings (SSSR count). The van der Waals surface area contributed by atoms with Gasteiger partial charge in [-0.2, -0.15) is 0 Å². The van der Waals surface area contributed by atoms with Crippen LogP contribution in [-0.4, -0.2) is 55.1 Å². The number of carbonyl (C=O) groups is 2. The Labute approximate surface area is 155 Å². The molecule has 9 nitrogen and oxygen atoms in total. The zero-order valence-electron chi connectivity index (χ0n) is 14.6. The van der Waals surface area contributed by atoms with E-state index in [4.69, 9.17) is 19.7 Å². The molecular weight excluding hydrogens is 352 g/mol. The van der Waals surface area contributed by atoms with E-state index in [2.05, 4.69) is 10.0 Å². The third kappa shape index (κ3) is 3.37. The molecular formula is C18H20N4O5. The van der Waals surface area contributed by atoms with Crippen LogP contribution in [0.3, 0.4) is 0 Å². The highest BCUT2D eigenvalue weighted by molar-refractivity contribution is 5.96. The third-order valence-electron chi connectivity index (χ3n) is 5.43. The fourth-order valence-corrected chi connectivity index (χ4v) is 4.11. The normalized spacial score (nSPS) is 30.5. The zero-order valence-corrected chi connectivity index (χ0v) is 14.6. The van der Waals surface area contributed by atoms with Gasteiger partial charge in [-0.25, -0.2) is 9.69 Å². The molecule has 3 fully saturated rings. The Balaban J connectivity index is 1.55. The number of rotatable bonds is 5. The minimum atomic E-state index is -1.02. The fourth-order valence-electron chi connectivity index (χ4n) is 4.11. The molecule has 1 aromatic carbocycles. The van der Waals surface area contributed by atoms with Crippen LogP contribution in [0.4, 0.5) is 4.79 Å². The molecule has 0 aromatic heterocycles. The number of azide groups is 1. The predicted octanol–water partition coefficient (Wildman–Crippen LogP) is 2.26. The first-order chi connectivity index (χ1) is 13.2. The van der Waals surface area contributed by atoms with Crippen LogP contribution in [-0.2, 0) is 25.4 Å². The van der Waals surface area contributed by atoms with Crippen molar-refractivity contribution in [1.29, 1.82) is 0 Å². The van der Waals surface area contributed by atoms with Crippen LogP contribution in [0.5, 0.6) is 0 Å². The molecule has 5 atom stereocenters. The quantitative estimate of drug-likeness (QED) is 0.447. The summed E-state index contributed by atoms with van der Waals surface area (Å²) in [5.74, 6) is -0.861. The monoisotopic (exact) mass is 372 g/mol. The molecule has 27 heavy (non-hydrogen) atoms. The molecule has 0 bridgehead atoms. The van der Waals surface area contributed by atoms with E-state index in [0.717, 1.165) is 16.9 Å². The van der Waals surface area contributed by atoms with E-state index in [0.29, 0.717) is 13.0 Å². The second kappa shape index (κ2) is 7.56. The van der Waals surface area contributed by atoms with Gasteiger partial charge in [0.25, 0.3) is 0 Å². The Kier molecular flexibility index (Phi) is 4.98. The maximum atomic E-state index is 13.2. The number of ether oxygens (including phenoxy) is 3. The van der Waals surface area contributed by atoms with Gasteiger partial charge in [-0.05, 0) is 23.9 Å². The summed E-state index contributed by atoms with van der Waals surface area (Å²) in [5, 5.41) is 3.73. The van der Waals surface area contributed by atoms with Gasteiger partial charge in [-0.15, -0.1) is 0 Å². The van der Waals surface area contributed by atoms with E-state index < -0.39 is 24.1 Å². The number of cyclic esters (lactones) is 1. The van der Waals surface area contributed by atoms with Crippen molar-refractivity contribution in [3.63, 3.8) is 0 Å². The number of hydrogen-bond donors (Lipinski definition) is 0. The van der Waals surface area contributed by atoms with E-state index >= 15 is 0 Å². The van der Waals surface area contributed by atoms with Crippen molar-refractivity contribution < 1.29 is 23.8 Å². The van der Waals surface area contributed by atoms with Crippen LogP contribution in [0.15, 0.2) is 35.4 Å². The Morgan fingerprint density at radius 2 is 2.11 bits per heavy atom. The van der Waals surface area contributed by atoms with Crippen molar-refractivity contribution in [2.45, 2.75) is 31.2 Å². The summed E-state index contributed by atoms with van der Waals surface area (Å²) in [6.45, 7) is 0.932. The van der Waals surface area contributed by atoms with Crippen LogP contribution >= 0.6 is 0 Å². The molecule has 3 aliphatic heterocycles. The van der Waals surface area contributed by atoms with Crippen molar-refractivity contribution in [3.8, 4) is 0 Å². The lowest BCUT2D eigenvalue weighted by Crippen LogP contribution is -2.48. The summed E-state index contributed by atoms with van der Waals surface area (Å²) in [6.07, 6.45) is 0.150. The molecule has 0 unspecified atom stereocenters. The van der Waals surface area contributed by atoms with Gasteiger partial charge in [0.2, 0.25) is 5.91 Å². The first kappa shape index (κ1) is 17.8. The molecule has 9 heteroatoms. The molecule has 2 amide bonds. The van der Waals surface area contributed by atoms with Crippen molar-refractivity contribution in [3.05, 3.63) is 46.3 Å². The fraction of sp³-hybridized carbons (Fsp3) is 0.556. The number of imide groups is 1. The Bertz CT molecular complexity index is 766. The number of fused-ring (bicyclic) bond motifs is 1. The van der Waals surface area contributed by atoms with E-state index in [1.807, 2.05) is 30.3 Å². The molecule has 0 aliphatic carbocycles. The second-order valence-electron chi connectivity index (χ2n) is 6.97. The van der Waals surface area contributed by atoms with E-state index in [-0.39, 0.29) is 31.3 Å². The highest BCUT2D eigenvalue weighted by Gasteiger charge is 2.50. The lowest BCUT2D eigenvalue weighted by molar-refractivity contribution is -0.132. The maximum absolute atomic E-state index is 13.2. The highest BCUT2D eigenvalue weighted by Crippen LogP contribution is 2.39. The minimum absolute atomic E-state index is 0.0179. The predicted molar refractivity (Wildman–Crippen MR) is 92.4 cm³/mol. The molecule has 0 saturated carbocycles. The second-order valence-corrected chi connectivity index (χ2v) is 6.97. The van der Waals surface area contributed by atoms with Gasteiger partial charge < -0.3 is 14.2 Å². The third-order valence-corrected chi connectivity index (χ3v) is 5.43. The SMILES string of the molecule is [N-]=[N+]=N[C@H](C(=O)N1C(=O)OC[C@@H]1Cc1ccccc1)[C@H]1CO[C@H]2OCC[C@H]21. The lowest BCUT2D eigenvalue weighted by atomic mass is 9.86. The first-order valence-electron chi connectivity index (χ1n) is 9.00. The van der Waals surface area contributed by atoms with Crippen LogP contribution in [0.2, 0.25) is 0 Å². The van der Waals surface area contributed by atoms with Crippen LogP contribution < -0.4 is 0 Å². The Morgan fingerprint density at radius 1 is 1.30 bits per heavy atom. The molecule has 0 radical (unpaired) electrons. The zero-order chi connectivity index (χ0) is 18.8. The number of hydrogen-bond acceptors (Lipinski definition) is 6. The molecule has 3 heterocycles. The summed E-state index contributed by atoms with van der Waals surface area (Å²) in [5.41, 5.74) is 9.99. The van der Waals surface area contributed by atoms with E-state index in [9.17, 15) is 9.59 Å². The molecule has 142 valence electrons. The number of nitrogens with zero attached hydrogens (tertiary/aromatic N) is 4. The standard InChI is InChI=1S/C18H20N4O5/c19-21-20-15(14-10-26-17-13(14)6-7-25-17)16(23)22-12(9-27-18(22)24)8-11-4-2-1-3-5-11/h1-5,12-15,17H,6-10H2/t12-,13-,14-,15-,17+/m0/s1. The van der Waals surface area contributed by atoms with Gasteiger partial charge in [0.05, 0.1) is 19.3 Å². The van der Waals surface area contributed by atoms with E-state index in [1.165, 1.54) is 0 Å². The van der Waals surface area contributed by atoms with Crippen molar-refractivity contribution in [2.24, 2.45) is 17.0 Å². The summed E-state index contributed by atoms with van der Waals surface area (Å²) in [4.78, 5) is 29.4. The van der Waals surface area contributed by atoms with Gasteiger partial charge in [-0.3, -0.25) is 4.79 Å². The van der Waals surface area contributed by atoms with Gasteiger partial charge in [-0.1, -0.05) is 35.4 Å². The number of benzene rings is 1. The first-order valence-corrected chi connectivity index (χ1v) is 9.00. The van der Waals surface area contributed by atoms with Gasteiger partial charge in [0.1, 0.15) is 12.6 Å². The van der Waals surface area contributed by atoms with Crippen molar-refractivity contribution >= 4 is 12.0 Å². The molecule has 3 saturated heterocycles. The summed E-state index contributed by atoms with van der Waals surface area (Å²) in [6, 6.07) is 8.12. The van der Waals surface area contributed by atoms with Gasteiger partial charge >= 0.3 is 6.09 Å². The van der Waals surface area contributed by atoms with E-state index in [1.54, 1.807) is 0 Å². The summed E-state index contributed by atoms with van der Waals surface area (Å²) >= 11 is 0. The highest BCUT2D eigenvalue weighted by atomic mass is 16.7.